The fourth-order valence-electron chi connectivity index (χ4n) is 3.56. The van der Waals surface area contributed by atoms with Crippen molar-refractivity contribution < 1.29 is 27.4 Å². The molecule has 7 heteroatoms. The zero-order valence-electron chi connectivity index (χ0n) is 16.1. The van der Waals surface area contributed by atoms with Crippen molar-refractivity contribution >= 4 is 11.6 Å². The number of alkyl halides is 3. The molecule has 0 saturated heterocycles. The number of benzene rings is 1. The van der Waals surface area contributed by atoms with Crippen molar-refractivity contribution in [2.24, 2.45) is 5.92 Å². The molecule has 152 valence electrons. The Hall–Kier alpha value is -1.76. The van der Waals surface area contributed by atoms with Crippen molar-refractivity contribution in [2.75, 3.05) is 18.5 Å². The molecule has 2 rings (SSSR count). The van der Waals surface area contributed by atoms with Gasteiger partial charge < -0.3 is 14.8 Å². The van der Waals surface area contributed by atoms with Crippen LogP contribution in [0, 0.1) is 5.92 Å². The van der Waals surface area contributed by atoms with Gasteiger partial charge in [0, 0.05) is 12.3 Å². The van der Waals surface area contributed by atoms with E-state index in [-0.39, 0.29) is 24.0 Å². The van der Waals surface area contributed by atoms with Crippen LogP contribution in [0.3, 0.4) is 0 Å². The fourth-order valence-corrected chi connectivity index (χ4v) is 3.56. The fraction of sp³-hybridized carbons (Fsp3) is 0.650. The van der Waals surface area contributed by atoms with Crippen molar-refractivity contribution in [3.8, 4) is 5.75 Å². The van der Waals surface area contributed by atoms with Gasteiger partial charge in [0.05, 0.1) is 12.2 Å². The van der Waals surface area contributed by atoms with Gasteiger partial charge >= 0.3 is 6.18 Å². The molecule has 1 aliphatic rings. The number of carbonyl (C=O) groups is 1. The first-order valence-electron chi connectivity index (χ1n) is 9.51. The number of hydrogen-bond acceptors (Lipinski definition) is 3. The predicted molar refractivity (Wildman–Crippen MR) is 97.8 cm³/mol. The number of rotatable bonds is 7. The van der Waals surface area contributed by atoms with E-state index in [4.69, 9.17) is 9.47 Å². The lowest BCUT2D eigenvalue weighted by molar-refractivity contribution is -0.148. The Labute approximate surface area is 158 Å². The highest BCUT2D eigenvalue weighted by molar-refractivity contribution is 5.97. The van der Waals surface area contributed by atoms with Crippen LogP contribution in [-0.4, -0.2) is 24.7 Å². The monoisotopic (exact) mass is 387 g/mol. The topological polar surface area (TPSA) is 47.6 Å². The molecule has 1 N–H and O–H groups in total. The van der Waals surface area contributed by atoms with Crippen molar-refractivity contribution in [1.29, 1.82) is 0 Å². The lowest BCUT2D eigenvalue weighted by atomic mass is 9.78. The van der Waals surface area contributed by atoms with E-state index in [0.717, 1.165) is 25.3 Å². The second-order valence-electron chi connectivity index (χ2n) is 7.14. The third-order valence-electron chi connectivity index (χ3n) is 4.79. The minimum absolute atomic E-state index is 0.0912. The first-order valence-corrected chi connectivity index (χ1v) is 9.51. The number of nitrogens with one attached hydrogen (secondary N) is 1. The standard InChI is InChI=1S/C20H28F3NO3/c1-4-11-27-19(10-6-7-14(3)13-19)18(25)24-15-8-9-17(26-5-2)16(12-15)20(21,22)23/h8-9,12,14H,4-7,10-11,13H2,1-3H3,(H,24,25). The summed E-state index contributed by atoms with van der Waals surface area (Å²) in [6, 6.07) is 3.59. The summed E-state index contributed by atoms with van der Waals surface area (Å²) in [7, 11) is 0. The maximum Gasteiger partial charge on any atom is 0.420 e. The van der Waals surface area contributed by atoms with E-state index < -0.39 is 17.3 Å². The Morgan fingerprint density at radius 3 is 2.67 bits per heavy atom. The van der Waals surface area contributed by atoms with Gasteiger partial charge in [0.15, 0.2) is 0 Å². The summed E-state index contributed by atoms with van der Waals surface area (Å²) in [5.41, 5.74) is -1.79. The normalized spacial score (nSPS) is 23.1. The Kier molecular flexibility index (Phi) is 7.14. The number of hydrogen-bond donors (Lipinski definition) is 1. The molecule has 1 aliphatic carbocycles. The molecule has 2 unspecified atom stereocenters. The van der Waals surface area contributed by atoms with Crippen LogP contribution in [0.4, 0.5) is 18.9 Å². The molecule has 1 aromatic carbocycles. The van der Waals surface area contributed by atoms with Crippen LogP contribution >= 0.6 is 0 Å². The molecule has 0 aromatic heterocycles. The molecular weight excluding hydrogens is 359 g/mol. The molecule has 1 saturated carbocycles. The Balaban J connectivity index is 2.26. The first-order chi connectivity index (χ1) is 12.7. The highest BCUT2D eigenvalue weighted by Gasteiger charge is 2.43. The summed E-state index contributed by atoms with van der Waals surface area (Å²) in [5.74, 6) is -0.293. The number of carbonyl (C=O) groups excluding carboxylic acids is 1. The molecule has 1 amide bonds. The molecule has 1 fully saturated rings. The summed E-state index contributed by atoms with van der Waals surface area (Å²) >= 11 is 0. The van der Waals surface area contributed by atoms with Crippen LogP contribution in [0.15, 0.2) is 18.2 Å². The smallest absolute Gasteiger partial charge is 0.420 e. The largest absolute Gasteiger partial charge is 0.493 e. The predicted octanol–water partition coefficient (Wildman–Crippen LogP) is 5.42. The SMILES string of the molecule is CCCOC1(C(=O)Nc2ccc(OCC)c(C(F)(F)F)c2)CCCC(C)C1. The summed E-state index contributed by atoms with van der Waals surface area (Å²) < 4.78 is 51.0. The number of anilines is 1. The molecule has 0 spiro atoms. The van der Waals surface area contributed by atoms with Crippen molar-refractivity contribution in [3.63, 3.8) is 0 Å². The lowest BCUT2D eigenvalue weighted by Gasteiger charge is -2.38. The van der Waals surface area contributed by atoms with E-state index in [1.165, 1.54) is 12.1 Å². The summed E-state index contributed by atoms with van der Waals surface area (Å²) in [6.45, 7) is 6.21. The third kappa shape index (κ3) is 5.37. The van der Waals surface area contributed by atoms with Gasteiger partial charge in [-0.2, -0.15) is 13.2 Å². The van der Waals surface area contributed by atoms with E-state index in [1.54, 1.807) is 6.92 Å². The number of ether oxygens (including phenoxy) is 2. The molecular formula is C20H28F3NO3. The zero-order valence-corrected chi connectivity index (χ0v) is 16.1. The number of halogens is 3. The van der Waals surface area contributed by atoms with Gasteiger partial charge in [-0.25, -0.2) is 0 Å². The summed E-state index contributed by atoms with van der Waals surface area (Å²) in [6.07, 6.45) is -0.777. The molecule has 2 atom stereocenters. The maximum absolute atomic E-state index is 13.3. The van der Waals surface area contributed by atoms with Gasteiger partial charge in [0.2, 0.25) is 0 Å². The quantitative estimate of drug-likeness (QED) is 0.680. The van der Waals surface area contributed by atoms with E-state index in [0.29, 0.717) is 25.4 Å². The minimum atomic E-state index is -4.57. The molecule has 0 aliphatic heterocycles. The van der Waals surface area contributed by atoms with Crippen molar-refractivity contribution in [1.82, 2.24) is 0 Å². The van der Waals surface area contributed by atoms with Crippen LogP contribution in [0.2, 0.25) is 0 Å². The van der Waals surface area contributed by atoms with Gasteiger partial charge in [0.25, 0.3) is 5.91 Å². The maximum atomic E-state index is 13.3. The Bertz CT molecular complexity index is 648. The second-order valence-corrected chi connectivity index (χ2v) is 7.14. The average molecular weight is 387 g/mol. The zero-order chi connectivity index (χ0) is 20.1. The van der Waals surface area contributed by atoms with E-state index in [2.05, 4.69) is 12.2 Å². The van der Waals surface area contributed by atoms with Crippen LogP contribution in [-0.2, 0) is 15.7 Å². The summed E-state index contributed by atoms with van der Waals surface area (Å²) in [5, 5.41) is 2.64. The molecule has 0 bridgehead atoms. The molecule has 4 nitrogen and oxygen atoms in total. The Morgan fingerprint density at radius 2 is 2.07 bits per heavy atom. The average Bonchev–Trinajstić information content (AvgIpc) is 2.60. The summed E-state index contributed by atoms with van der Waals surface area (Å²) in [4.78, 5) is 13.0. The molecule has 0 radical (unpaired) electrons. The van der Waals surface area contributed by atoms with Crippen LogP contribution in [0.5, 0.6) is 5.75 Å². The van der Waals surface area contributed by atoms with Gasteiger partial charge in [-0.3, -0.25) is 4.79 Å². The van der Waals surface area contributed by atoms with Crippen LogP contribution in [0.1, 0.15) is 58.4 Å². The lowest BCUT2D eigenvalue weighted by Crippen LogP contribution is -2.48. The first kappa shape index (κ1) is 21.5. The highest BCUT2D eigenvalue weighted by Crippen LogP contribution is 2.39. The molecule has 27 heavy (non-hydrogen) atoms. The van der Waals surface area contributed by atoms with E-state index >= 15 is 0 Å². The van der Waals surface area contributed by atoms with Gasteiger partial charge in [-0.05, 0) is 56.7 Å². The third-order valence-corrected chi connectivity index (χ3v) is 4.79. The van der Waals surface area contributed by atoms with Gasteiger partial charge in [0.1, 0.15) is 11.4 Å². The van der Waals surface area contributed by atoms with E-state index in [1.807, 2.05) is 6.92 Å². The van der Waals surface area contributed by atoms with Crippen molar-refractivity contribution in [2.45, 2.75) is 64.7 Å². The van der Waals surface area contributed by atoms with E-state index in [9.17, 15) is 18.0 Å². The molecule has 0 heterocycles. The minimum Gasteiger partial charge on any atom is -0.493 e. The highest BCUT2D eigenvalue weighted by atomic mass is 19.4. The molecule has 1 aromatic rings. The number of amides is 1. The Morgan fingerprint density at radius 1 is 1.33 bits per heavy atom. The van der Waals surface area contributed by atoms with Crippen molar-refractivity contribution in [3.05, 3.63) is 23.8 Å². The second kappa shape index (κ2) is 8.95. The van der Waals surface area contributed by atoms with Gasteiger partial charge in [-0.1, -0.05) is 20.3 Å². The van der Waals surface area contributed by atoms with Crippen LogP contribution < -0.4 is 10.1 Å². The van der Waals surface area contributed by atoms with Gasteiger partial charge in [-0.15, -0.1) is 0 Å². The van der Waals surface area contributed by atoms with Crippen LogP contribution in [0.25, 0.3) is 0 Å².